The van der Waals surface area contributed by atoms with Crippen molar-refractivity contribution in [3.8, 4) is 6.07 Å². The summed E-state index contributed by atoms with van der Waals surface area (Å²) in [7, 11) is 0. The van der Waals surface area contributed by atoms with Crippen molar-refractivity contribution in [2.24, 2.45) is 0 Å². The van der Waals surface area contributed by atoms with Crippen molar-refractivity contribution < 1.29 is 19.4 Å². The van der Waals surface area contributed by atoms with E-state index in [1.807, 2.05) is 0 Å². The van der Waals surface area contributed by atoms with Gasteiger partial charge in [-0.05, 0) is 68.2 Å². The molecule has 1 amide bonds. The van der Waals surface area contributed by atoms with Gasteiger partial charge in [0, 0.05) is 31.9 Å². The van der Waals surface area contributed by atoms with Crippen LogP contribution in [0.4, 0.5) is 5.82 Å². The van der Waals surface area contributed by atoms with E-state index in [1.165, 1.54) is 5.56 Å². The number of anilines is 1. The molecule has 1 aromatic carbocycles. The smallest absolute Gasteiger partial charge is 0.326 e. The maximum Gasteiger partial charge on any atom is 0.326 e. The molecule has 1 aliphatic carbocycles. The Kier molecular flexibility index (Phi) is 7.98. The highest BCUT2D eigenvalue weighted by Gasteiger charge is 2.53. The van der Waals surface area contributed by atoms with Crippen LogP contribution in [0.25, 0.3) is 0 Å². The van der Waals surface area contributed by atoms with E-state index in [0.717, 1.165) is 50.2 Å². The number of carbonyl (C=O) groups is 2. The molecule has 2 aliphatic rings. The number of carbonyl (C=O) groups excluding carboxylic acids is 1. The van der Waals surface area contributed by atoms with E-state index >= 15 is 0 Å². The van der Waals surface area contributed by atoms with Crippen molar-refractivity contribution in [2.45, 2.75) is 62.8 Å². The highest BCUT2D eigenvalue weighted by Crippen LogP contribution is 2.49. The van der Waals surface area contributed by atoms with E-state index in [4.69, 9.17) is 9.72 Å². The SMILES string of the molecule is N#Cc1ccccc1C1(C(=O)NC(CCOCCCCc2ccc3c(n2)NCCC3)C(=O)O)CC1. The molecule has 1 saturated carbocycles. The lowest BCUT2D eigenvalue weighted by Crippen LogP contribution is -2.46. The summed E-state index contributed by atoms with van der Waals surface area (Å²) < 4.78 is 5.66. The molecule has 8 heteroatoms. The molecule has 8 nitrogen and oxygen atoms in total. The van der Waals surface area contributed by atoms with E-state index < -0.39 is 17.4 Å². The van der Waals surface area contributed by atoms with Gasteiger partial charge in [0.2, 0.25) is 5.91 Å². The van der Waals surface area contributed by atoms with Crippen molar-refractivity contribution in [1.29, 1.82) is 5.26 Å². The minimum Gasteiger partial charge on any atom is -0.480 e. The van der Waals surface area contributed by atoms with Crippen LogP contribution in [0.3, 0.4) is 0 Å². The minimum atomic E-state index is -1.08. The summed E-state index contributed by atoms with van der Waals surface area (Å²) >= 11 is 0. The average Bonchev–Trinajstić information content (AvgIpc) is 3.69. The predicted octanol–water partition coefficient (Wildman–Crippen LogP) is 3.34. The maximum atomic E-state index is 13.0. The van der Waals surface area contributed by atoms with Crippen molar-refractivity contribution in [3.05, 3.63) is 58.8 Å². The Balaban J connectivity index is 1.18. The molecule has 2 aromatic rings. The lowest BCUT2D eigenvalue weighted by molar-refractivity contribution is -0.142. The number of rotatable bonds is 12. The van der Waals surface area contributed by atoms with Crippen LogP contribution in [-0.4, -0.2) is 47.8 Å². The third kappa shape index (κ3) is 5.98. The number of aryl methyl sites for hydroxylation is 2. The summed E-state index contributed by atoms with van der Waals surface area (Å²) in [4.78, 5) is 29.4. The Labute approximate surface area is 205 Å². The number of nitrogens with one attached hydrogen (secondary N) is 2. The van der Waals surface area contributed by atoms with Crippen LogP contribution < -0.4 is 10.6 Å². The van der Waals surface area contributed by atoms with Gasteiger partial charge in [0.15, 0.2) is 0 Å². The largest absolute Gasteiger partial charge is 0.480 e. The Bertz CT molecular complexity index is 1110. The Morgan fingerprint density at radius 2 is 2.03 bits per heavy atom. The summed E-state index contributed by atoms with van der Waals surface area (Å²) in [5, 5.41) is 25.0. The number of pyridine rings is 1. The summed E-state index contributed by atoms with van der Waals surface area (Å²) in [6.45, 7) is 1.76. The molecule has 35 heavy (non-hydrogen) atoms. The second-order valence-corrected chi connectivity index (χ2v) is 9.30. The number of hydrogen-bond acceptors (Lipinski definition) is 6. The van der Waals surface area contributed by atoms with Gasteiger partial charge >= 0.3 is 5.97 Å². The van der Waals surface area contributed by atoms with Gasteiger partial charge in [-0.2, -0.15) is 5.26 Å². The zero-order chi connectivity index (χ0) is 24.7. The van der Waals surface area contributed by atoms with Gasteiger partial charge in [0.05, 0.1) is 17.0 Å². The molecular weight excluding hydrogens is 444 g/mol. The number of ether oxygens (including phenoxy) is 1. The molecule has 2 heterocycles. The number of benzene rings is 1. The fourth-order valence-electron chi connectivity index (χ4n) is 4.62. The summed E-state index contributed by atoms with van der Waals surface area (Å²) in [5.74, 6) is -0.408. The van der Waals surface area contributed by atoms with E-state index in [-0.39, 0.29) is 18.9 Å². The molecule has 1 aliphatic heterocycles. The van der Waals surface area contributed by atoms with E-state index in [2.05, 4.69) is 28.8 Å². The topological polar surface area (TPSA) is 124 Å². The van der Waals surface area contributed by atoms with Gasteiger partial charge in [-0.1, -0.05) is 24.3 Å². The molecule has 184 valence electrons. The maximum absolute atomic E-state index is 13.0. The highest BCUT2D eigenvalue weighted by molar-refractivity contribution is 5.94. The van der Waals surface area contributed by atoms with Crippen LogP contribution in [0.1, 0.15) is 60.9 Å². The molecular formula is C27H32N4O4. The van der Waals surface area contributed by atoms with Crippen molar-refractivity contribution in [3.63, 3.8) is 0 Å². The Hall–Kier alpha value is -3.44. The lowest BCUT2D eigenvalue weighted by Gasteiger charge is -2.21. The number of carboxylic acid groups (broad SMARTS) is 1. The minimum absolute atomic E-state index is 0.190. The van der Waals surface area contributed by atoms with Crippen molar-refractivity contribution >= 4 is 17.7 Å². The summed E-state index contributed by atoms with van der Waals surface area (Å²) in [5.41, 5.74) is 2.67. The Morgan fingerprint density at radius 3 is 2.80 bits per heavy atom. The van der Waals surface area contributed by atoms with Crippen LogP contribution >= 0.6 is 0 Å². The van der Waals surface area contributed by atoms with Gasteiger partial charge < -0.3 is 20.5 Å². The number of amides is 1. The first kappa shape index (κ1) is 24.7. The predicted molar refractivity (Wildman–Crippen MR) is 131 cm³/mol. The van der Waals surface area contributed by atoms with Crippen molar-refractivity contribution in [2.75, 3.05) is 25.1 Å². The van der Waals surface area contributed by atoms with Crippen molar-refractivity contribution in [1.82, 2.24) is 10.3 Å². The fourth-order valence-corrected chi connectivity index (χ4v) is 4.62. The number of nitrogens with zero attached hydrogens (tertiary/aromatic N) is 2. The van der Waals surface area contributed by atoms with Crippen LogP contribution in [0, 0.1) is 11.3 Å². The molecule has 0 radical (unpaired) electrons. The number of nitriles is 1. The molecule has 0 saturated heterocycles. The van der Waals surface area contributed by atoms with Gasteiger partial charge in [-0.15, -0.1) is 0 Å². The Morgan fingerprint density at radius 1 is 1.20 bits per heavy atom. The molecule has 1 fully saturated rings. The zero-order valence-corrected chi connectivity index (χ0v) is 19.9. The average molecular weight is 477 g/mol. The normalized spacial score (nSPS) is 16.3. The highest BCUT2D eigenvalue weighted by atomic mass is 16.5. The first-order chi connectivity index (χ1) is 17.0. The number of fused-ring (bicyclic) bond motifs is 1. The van der Waals surface area contributed by atoms with Gasteiger partial charge in [-0.3, -0.25) is 4.79 Å². The molecule has 0 spiro atoms. The first-order valence-corrected chi connectivity index (χ1v) is 12.4. The molecule has 4 rings (SSSR count). The van der Waals surface area contributed by atoms with E-state index in [9.17, 15) is 20.0 Å². The lowest BCUT2D eigenvalue weighted by atomic mass is 9.90. The van der Waals surface area contributed by atoms with Crippen LogP contribution in [0.5, 0.6) is 0 Å². The monoisotopic (exact) mass is 476 g/mol. The van der Waals surface area contributed by atoms with Gasteiger partial charge in [0.25, 0.3) is 0 Å². The van der Waals surface area contributed by atoms with Crippen LogP contribution in [0.15, 0.2) is 36.4 Å². The third-order valence-electron chi connectivity index (χ3n) is 6.83. The summed E-state index contributed by atoms with van der Waals surface area (Å²) in [6.07, 6.45) is 6.29. The van der Waals surface area contributed by atoms with Gasteiger partial charge in [-0.25, -0.2) is 9.78 Å². The van der Waals surface area contributed by atoms with Crippen LogP contribution in [-0.2, 0) is 32.6 Å². The van der Waals surface area contributed by atoms with Crippen LogP contribution in [0.2, 0.25) is 0 Å². The van der Waals surface area contributed by atoms with E-state index in [1.54, 1.807) is 24.3 Å². The summed E-state index contributed by atoms with van der Waals surface area (Å²) in [6, 6.07) is 12.4. The molecule has 1 atom stereocenters. The van der Waals surface area contributed by atoms with E-state index in [0.29, 0.717) is 30.6 Å². The van der Waals surface area contributed by atoms with Gasteiger partial charge in [0.1, 0.15) is 11.9 Å². The number of carboxylic acids is 1. The standard InChI is InChI=1S/C27H32N4O4/c28-18-20-6-1-2-9-22(20)27(13-14-27)26(34)31-23(25(32)33)12-17-35-16-4-3-8-21-11-10-19-7-5-15-29-24(19)30-21/h1-2,6,9-11,23H,3-5,7-8,12-17H2,(H,29,30)(H,31,34)(H,32,33). The molecule has 0 bridgehead atoms. The second kappa shape index (κ2) is 11.3. The number of unbranched alkanes of at least 4 members (excludes halogenated alkanes) is 1. The quantitative estimate of drug-likeness (QED) is 0.401. The number of hydrogen-bond donors (Lipinski definition) is 3. The number of aromatic nitrogens is 1. The molecule has 1 unspecified atom stereocenters. The fraction of sp³-hybridized carbons (Fsp3) is 0.481. The third-order valence-corrected chi connectivity index (χ3v) is 6.83. The zero-order valence-electron chi connectivity index (χ0n) is 19.9. The molecule has 1 aromatic heterocycles. The molecule has 3 N–H and O–H groups in total. The first-order valence-electron chi connectivity index (χ1n) is 12.4. The number of aliphatic carboxylic acids is 1. The second-order valence-electron chi connectivity index (χ2n) is 9.30.